The van der Waals surface area contributed by atoms with Gasteiger partial charge in [0.25, 0.3) is 0 Å². The van der Waals surface area contributed by atoms with E-state index < -0.39 is 23.4 Å². The summed E-state index contributed by atoms with van der Waals surface area (Å²) in [6.07, 6.45) is -4.01. The predicted octanol–water partition coefficient (Wildman–Crippen LogP) is 2.89. The van der Waals surface area contributed by atoms with Gasteiger partial charge in [0, 0.05) is 6.20 Å². The maximum Gasteiger partial charge on any atom is 0.434 e. The summed E-state index contributed by atoms with van der Waals surface area (Å²) in [4.78, 5) is 15.4. The molecule has 0 aliphatic carbocycles. The molecule has 0 bridgehead atoms. The van der Waals surface area contributed by atoms with Gasteiger partial charge in [0.2, 0.25) is 0 Å². The van der Waals surface area contributed by atoms with Crippen LogP contribution in [0.3, 0.4) is 0 Å². The highest BCUT2D eigenvalue weighted by Gasteiger charge is 2.40. The Morgan fingerprint density at radius 2 is 2.15 bits per heavy atom. The molecule has 2 aromatic rings. The van der Waals surface area contributed by atoms with Gasteiger partial charge in [0.15, 0.2) is 11.3 Å². The number of hydrogen-bond donors (Lipinski definition) is 0. The fourth-order valence-corrected chi connectivity index (χ4v) is 1.86. The van der Waals surface area contributed by atoms with E-state index in [2.05, 4.69) is 14.8 Å². The first kappa shape index (κ1) is 14.6. The van der Waals surface area contributed by atoms with Crippen LogP contribution in [-0.2, 0) is 10.9 Å². The molecule has 2 rings (SSSR count). The van der Waals surface area contributed by atoms with E-state index in [1.54, 1.807) is 0 Å². The number of nitrogens with zero attached hydrogens (tertiary/aromatic N) is 3. The van der Waals surface area contributed by atoms with E-state index in [0.29, 0.717) is 4.52 Å². The summed E-state index contributed by atoms with van der Waals surface area (Å²) in [7, 11) is 0. The second kappa shape index (κ2) is 4.93. The van der Waals surface area contributed by atoms with Gasteiger partial charge in [-0.1, -0.05) is 11.6 Å². The number of alkyl halides is 3. The Bertz CT molecular complexity index is 682. The zero-order valence-electron chi connectivity index (χ0n) is 10.5. The molecule has 0 spiro atoms. The smallest absolute Gasteiger partial charge is 0.434 e. The topological polar surface area (TPSA) is 56.5 Å². The number of ether oxygens (including phenoxy) is 1. The van der Waals surface area contributed by atoms with Crippen LogP contribution in [0.15, 0.2) is 6.20 Å². The fraction of sp³-hybridized carbons (Fsp3) is 0.364. The van der Waals surface area contributed by atoms with Gasteiger partial charge in [-0.3, -0.25) is 0 Å². The standard InChI is InChI=1S/C11H9ClF3N3O2/c1-3-20-10(19)6-4-16-9-7(12)5(2)17-18(9)8(6)11(13,14)15/h4H,3H2,1-2H3. The van der Waals surface area contributed by atoms with E-state index in [0.717, 1.165) is 6.20 Å². The summed E-state index contributed by atoms with van der Waals surface area (Å²) in [6, 6.07) is 0. The molecule has 108 valence electrons. The molecule has 0 atom stereocenters. The zero-order chi connectivity index (χ0) is 15.1. The molecule has 0 aliphatic rings. The highest BCUT2D eigenvalue weighted by molar-refractivity contribution is 6.34. The maximum atomic E-state index is 13.2. The monoisotopic (exact) mass is 307 g/mol. The van der Waals surface area contributed by atoms with Crippen molar-refractivity contribution in [2.45, 2.75) is 20.0 Å². The average molecular weight is 308 g/mol. The first-order valence-electron chi connectivity index (χ1n) is 5.55. The van der Waals surface area contributed by atoms with Crippen LogP contribution in [-0.4, -0.2) is 27.2 Å². The van der Waals surface area contributed by atoms with Gasteiger partial charge in [0.1, 0.15) is 10.6 Å². The van der Waals surface area contributed by atoms with Gasteiger partial charge >= 0.3 is 12.1 Å². The van der Waals surface area contributed by atoms with Gasteiger partial charge < -0.3 is 4.74 Å². The quantitative estimate of drug-likeness (QED) is 0.801. The maximum absolute atomic E-state index is 13.2. The second-order valence-corrected chi connectivity index (χ2v) is 4.25. The number of aryl methyl sites for hydroxylation is 1. The van der Waals surface area contributed by atoms with Gasteiger partial charge in [-0.25, -0.2) is 14.3 Å². The summed E-state index contributed by atoms with van der Waals surface area (Å²) in [6.45, 7) is 2.89. The number of aromatic nitrogens is 3. The molecule has 0 N–H and O–H groups in total. The van der Waals surface area contributed by atoms with Crippen molar-refractivity contribution >= 4 is 23.2 Å². The van der Waals surface area contributed by atoms with E-state index in [4.69, 9.17) is 11.6 Å². The van der Waals surface area contributed by atoms with Gasteiger partial charge in [-0.15, -0.1) is 0 Å². The highest BCUT2D eigenvalue weighted by atomic mass is 35.5. The van der Waals surface area contributed by atoms with E-state index in [1.807, 2.05) is 0 Å². The van der Waals surface area contributed by atoms with Crippen molar-refractivity contribution in [3.8, 4) is 0 Å². The third kappa shape index (κ3) is 2.31. The van der Waals surface area contributed by atoms with E-state index in [-0.39, 0.29) is 23.0 Å². The number of carbonyl (C=O) groups is 1. The van der Waals surface area contributed by atoms with Crippen LogP contribution in [0, 0.1) is 6.92 Å². The van der Waals surface area contributed by atoms with Crippen LogP contribution in [0.4, 0.5) is 13.2 Å². The summed E-state index contributed by atoms with van der Waals surface area (Å²) in [5.41, 5.74) is -1.93. The van der Waals surface area contributed by atoms with Crippen molar-refractivity contribution in [3.05, 3.63) is 28.2 Å². The van der Waals surface area contributed by atoms with Crippen LogP contribution in [0.2, 0.25) is 5.02 Å². The highest BCUT2D eigenvalue weighted by Crippen LogP contribution is 2.34. The number of halogens is 4. The molecule has 20 heavy (non-hydrogen) atoms. The Hall–Kier alpha value is -1.83. The molecule has 0 saturated carbocycles. The van der Waals surface area contributed by atoms with Crippen molar-refractivity contribution in [2.75, 3.05) is 6.61 Å². The first-order chi connectivity index (χ1) is 9.27. The number of carbonyl (C=O) groups excluding carboxylic acids is 1. The largest absolute Gasteiger partial charge is 0.462 e. The lowest BCUT2D eigenvalue weighted by Gasteiger charge is -2.12. The number of esters is 1. The van der Waals surface area contributed by atoms with Crippen LogP contribution in [0.5, 0.6) is 0 Å². The molecular weight excluding hydrogens is 299 g/mol. The fourth-order valence-electron chi connectivity index (χ4n) is 1.70. The van der Waals surface area contributed by atoms with E-state index >= 15 is 0 Å². The van der Waals surface area contributed by atoms with Crippen molar-refractivity contribution < 1.29 is 22.7 Å². The summed E-state index contributed by atoms with van der Waals surface area (Å²) in [5.74, 6) is -1.11. The molecule has 0 fully saturated rings. The first-order valence-corrected chi connectivity index (χ1v) is 5.93. The normalized spacial score (nSPS) is 11.9. The minimum Gasteiger partial charge on any atom is -0.462 e. The van der Waals surface area contributed by atoms with Crippen molar-refractivity contribution in [3.63, 3.8) is 0 Å². The molecular formula is C11H9ClF3N3O2. The third-order valence-corrected chi connectivity index (χ3v) is 2.95. The Kier molecular flexibility index (Phi) is 3.59. The van der Waals surface area contributed by atoms with Gasteiger partial charge in [0.05, 0.1) is 12.3 Å². The SMILES string of the molecule is CCOC(=O)c1cnc2c(Cl)c(C)nn2c1C(F)(F)F. The molecule has 0 amide bonds. The summed E-state index contributed by atoms with van der Waals surface area (Å²) >= 11 is 5.83. The van der Waals surface area contributed by atoms with Crippen LogP contribution in [0.25, 0.3) is 5.65 Å². The average Bonchev–Trinajstić information content (AvgIpc) is 2.63. The van der Waals surface area contributed by atoms with Gasteiger partial charge in [-0.2, -0.15) is 18.3 Å². The van der Waals surface area contributed by atoms with Crippen LogP contribution >= 0.6 is 11.6 Å². The summed E-state index contributed by atoms with van der Waals surface area (Å²) < 4.78 is 44.7. The summed E-state index contributed by atoms with van der Waals surface area (Å²) in [5, 5.41) is 3.68. The van der Waals surface area contributed by atoms with E-state index in [1.165, 1.54) is 13.8 Å². The Morgan fingerprint density at radius 3 is 2.70 bits per heavy atom. The second-order valence-electron chi connectivity index (χ2n) is 3.87. The zero-order valence-corrected chi connectivity index (χ0v) is 11.2. The van der Waals surface area contributed by atoms with E-state index in [9.17, 15) is 18.0 Å². The molecule has 0 saturated heterocycles. The molecule has 0 aliphatic heterocycles. The minimum atomic E-state index is -4.80. The number of rotatable bonds is 2. The molecule has 0 unspecified atom stereocenters. The van der Waals surface area contributed by atoms with Crippen LogP contribution < -0.4 is 0 Å². The lowest BCUT2D eigenvalue weighted by Crippen LogP contribution is -2.21. The molecule has 9 heteroatoms. The molecule has 2 heterocycles. The number of fused-ring (bicyclic) bond motifs is 1. The molecule has 5 nitrogen and oxygen atoms in total. The molecule has 2 aromatic heterocycles. The van der Waals surface area contributed by atoms with Crippen molar-refractivity contribution in [1.29, 1.82) is 0 Å². The van der Waals surface area contributed by atoms with Crippen molar-refractivity contribution in [2.24, 2.45) is 0 Å². The lowest BCUT2D eigenvalue weighted by molar-refractivity contribution is -0.143. The Balaban J connectivity index is 2.80. The third-order valence-electron chi connectivity index (χ3n) is 2.51. The predicted molar refractivity (Wildman–Crippen MR) is 63.7 cm³/mol. The Morgan fingerprint density at radius 1 is 1.50 bits per heavy atom. The van der Waals surface area contributed by atoms with Crippen LogP contribution in [0.1, 0.15) is 28.7 Å². The lowest BCUT2D eigenvalue weighted by atomic mass is 10.2. The van der Waals surface area contributed by atoms with Gasteiger partial charge in [-0.05, 0) is 13.8 Å². The molecule has 0 aromatic carbocycles. The Labute approximate surface area is 116 Å². The number of hydrogen-bond acceptors (Lipinski definition) is 4. The minimum absolute atomic E-state index is 0.00547. The molecule has 0 radical (unpaired) electrons. The van der Waals surface area contributed by atoms with Crippen molar-refractivity contribution in [1.82, 2.24) is 14.6 Å².